The van der Waals surface area contributed by atoms with Gasteiger partial charge in [0.15, 0.2) is 0 Å². The Labute approximate surface area is 204 Å². The average Bonchev–Trinajstić information content (AvgIpc) is 2.80. The van der Waals surface area contributed by atoms with E-state index in [4.69, 9.17) is 4.74 Å². The third-order valence-corrected chi connectivity index (χ3v) is 8.92. The Morgan fingerprint density at radius 3 is 2.21 bits per heavy atom. The van der Waals surface area contributed by atoms with E-state index in [0.717, 1.165) is 16.7 Å². The van der Waals surface area contributed by atoms with Gasteiger partial charge in [0, 0.05) is 19.0 Å². The first kappa shape index (κ1) is 26.2. The molecule has 0 radical (unpaired) electrons. The largest absolute Gasteiger partial charge is 0.495 e. The number of amides is 1. The van der Waals surface area contributed by atoms with Gasteiger partial charge in [0.05, 0.1) is 13.2 Å². The van der Waals surface area contributed by atoms with Gasteiger partial charge in [-0.1, -0.05) is 32.0 Å². The lowest BCUT2D eigenvalue weighted by molar-refractivity contribution is -0.126. The summed E-state index contributed by atoms with van der Waals surface area (Å²) in [5.74, 6) is 0.338. The first-order valence-corrected chi connectivity index (χ1v) is 13.5. The smallest absolute Gasteiger partial charge is 0.246 e. The van der Waals surface area contributed by atoms with E-state index < -0.39 is 10.0 Å². The molecule has 1 fully saturated rings. The average molecular weight is 487 g/mol. The number of methoxy groups -OCH3 is 1. The first-order chi connectivity index (χ1) is 15.9. The molecule has 1 N–H and O–H groups in total. The second kappa shape index (κ2) is 10.5. The molecule has 0 bridgehead atoms. The fourth-order valence-electron chi connectivity index (χ4n) is 4.61. The molecule has 0 aromatic heterocycles. The second-order valence-corrected chi connectivity index (χ2v) is 11.7. The molecule has 1 saturated heterocycles. The number of aryl methyl sites for hydroxylation is 3. The quantitative estimate of drug-likeness (QED) is 0.596. The minimum atomic E-state index is -3.71. The van der Waals surface area contributed by atoms with Gasteiger partial charge in [0.2, 0.25) is 15.9 Å². The van der Waals surface area contributed by atoms with Gasteiger partial charge in [-0.3, -0.25) is 4.79 Å². The minimum absolute atomic E-state index is 0.0124. The molecule has 1 aliphatic heterocycles. The van der Waals surface area contributed by atoms with Gasteiger partial charge in [-0.05, 0) is 86.4 Å². The number of hydrogen-bond acceptors (Lipinski definition) is 4. The number of rotatable bonds is 7. The number of nitrogens with one attached hydrogen (secondary N) is 1. The van der Waals surface area contributed by atoms with Gasteiger partial charge >= 0.3 is 0 Å². The standard InChI is InChI=1S/C27H38N2O4S/c1-17(2)23-8-9-25(33-7)26(16-23)34(31,32)29-12-10-22(11-13-29)27(30)28-21(6)24-15-19(4)18(3)14-20(24)5/h8-9,14-17,21-22H,10-13H2,1-7H3,(H,28,30)/t21-/m0/s1. The molecule has 186 valence electrons. The molecular formula is C27H38N2O4S. The molecule has 2 aromatic carbocycles. The molecule has 6 nitrogen and oxygen atoms in total. The van der Waals surface area contributed by atoms with Crippen molar-refractivity contribution in [3.05, 3.63) is 58.1 Å². The Morgan fingerprint density at radius 1 is 1.00 bits per heavy atom. The molecule has 1 heterocycles. The van der Waals surface area contributed by atoms with Gasteiger partial charge in [-0.15, -0.1) is 0 Å². The Balaban J connectivity index is 1.69. The molecule has 7 heteroatoms. The predicted molar refractivity (Wildman–Crippen MR) is 136 cm³/mol. The lowest BCUT2D eigenvalue weighted by Gasteiger charge is -2.32. The van der Waals surface area contributed by atoms with E-state index in [0.29, 0.717) is 31.7 Å². The molecular weight excluding hydrogens is 448 g/mol. The number of piperidine rings is 1. The van der Waals surface area contributed by atoms with Crippen LogP contribution in [0.1, 0.15) is 73.4 Å². The molecule has 0 aliphatic carbocycles. The summed E-state index contributed by atoms with van der Waals surface area (Å²) in [6.45, 7) is 12.9. The lowest BCUT2D eigenvalue weighted by atomic mass is 9.94. The SMILES string of the molecule is COc1ccc(C(C)C)cc1S(=O)(=O)N1CCC(C(=O)N[C@@H](C)c2cc(C)c(C)cc2C)CC1. The minimum Gasteiger partial charge on any atom is -0.495 e. The summed E-state index contributed by atoms with van der Waals surface area (Å²) in [6, 6.07) is 9.53. The van der Waals surface area contributed by atoms with Crippen molar-refractivity contribution >= 4 is 15.9 Å². The number of sulfonamides is 1. The molecule has 0 saturated carbocycles. The van der Waals surface area contributed by atoms with E-state index in [9.17, 15) is 13.2 Å². The van der Waals surface area contributed by atoms with Crippen LogP contribution in [0.4, 0.5) is 0 Å². The van der Waals surface area contributed by atoms with E-state index in [2.05, 4.69) is 38.2 Å². The van der Waals surface area contributed by atoms with Crippen LogP contribution >= 0.6 is 0 Å². The number of ether oxygens (including phenoxy) is 1. The normalized spacial score (nSPS) is 16.5. The molecule has 1 amide bonds. The Hall–Kier alpha value is -2.38. The summed E-state index contributed by atoms with van der Waals surface area (Å²) in [7, 11) is -2.23. The van der Waals surface area contributed by atoms with Crippen molar-refractivity contribution in [1.82, 2.24) is 9.62 Å². The molecule has 0 spiro atoms. The highest BCUT2D eigenvalue weighted by atomic mass is 32.2. The zero-order chi connectivity index (χ0) is 25.2. The van der Waals surface area contributed by atoms with Crippen LogP contribution in [-0.2, 0) is 14.8 Å². The van der Waals surface area contributed by atoms with Crippen LogP contribution in [0.3, 0.4) is 0 Å². The van der Waals surface area contributed by atoms with Crippen molar-refractivity contribution in [3.8, 4) is 5.75 Å². The van der Waals surface area contributed by atoms with Crippen molar-refractivity contribution < 1.29 is 17.9 Å². The highest BCUT2D eigenvalue weighted by Crippen LogP contribution is 2.32. The maximum atomic E-state index is 13.4. The Morgan fingerprint density at radius 2 is 1.62 bits per heavy atom. The number of carbonyl (C=O) groups is 1. The van der Waals surface area contributed by atoms with Crippen LogP contribution in [0, 0.1) is 26.7 Å². The third-order valence-electron chi connectivity index (χ3n) is 7.00. The Bertz CT molecular complexity index is 1150. The zero-order valence-electron chi connectivity index (χ0n) is 21.4. The molecule has 3 rings (SSSR count). The van der Waals surface area contributed by atoms with Gasteiger partial charge in [-0.2, -0.15) is 4.31 Å². The van der Waals surface area contributed by atoms with Crippen molar-refractivity contribution in [3.63, 3.8) is 0 Å². The topological polar surface area (TPSA) is 75.7 Å². The van der Waals surface area contributed by atoms with E-state index in [-0.39, 0.29) is 28.7 Å². The summed E-state index contributed by atoms with van der Waals surface area (Å²) in [5, 5.41) is 3.15. The fraction of sp³-hybridized carbons (Fsp3) is 0.519. The predicted octanol–water partition coefficient (Wildman–Crippen LogP) is 5.02. The van der Waals surface area contributed by atoms with Crippen LogP contribution in [0.5, 0.6) is 5.75 Å². The first-order valence-electron chi connectivity index (χ1n) is 12.0. The van der Waals surface area contributed by atoms with Crippen LogP contribution in [0.25, 0.3) is 0 Å². The Kier molecular flexibility index (Phi) is 8.09. The van der Waals surface area contributed by atoms with Gasteiger partial charge in [-0.25, -0.2) is 8.42 Å². The van der Waals surface area contributed by atoms with Gasteiger partial charge in [0.1, 0.15) is 10.6 Å². The maximum Gasteiger partial charge on any atom is 0.246 e. The van der Waals surface area contributed by atoms with Crippen LogP contribution in [0.2, 0.25) is 0 Å². The number of hydrogen-bond donors (Lipinski definition) is 1. The van der Waals surface area contributed by atoms with E-state index in [1.165, 1.54) is 22.5 Å². The molecule has 34 heavy (non-hydrogen) atoms. The van der Waals surface area contributed by atoms with Gasteiger partial charge < -0.3 is 10.1 Å². The monoisotopic (exact) mass is 486 g/mol. The lowest BCUT2D eigenvalue weighted by Crippen LogP contribution is -2.43. The van der Waals surface area contributed by atoms with Crippen LogP contribution in [0.15, 0.2) is 35.2 Å². The highest BCUT2D eigenvalue weighted by molar-refractivity contribution is 7.89. The summed E-state index contributed by atoms with van der Waals surface area (Å²) in [6.07, 6.45) is 0.992. The molecule has 2 aromatic rings. The van der Waals surface area contributed by atoms with E-state index in [1.54, 1.807) is 12.1 Å². The zero-order valence-corrected chi connectivity index (χ0v) is 22.3. The maximum absolute atomic E-state index is 13.4. The third kappa shape index (κ3) is 5.47. The van der Waals surface area contributed by atoms with Crippen molar-refractivity contribution in [2.75, 3.05) is 20.2 Å². The fourth-order valence-corrected chi connectivity index (χ4v) is 6.27. The number of carbonyl (C=O) groups excluding carboxylic acids is 1. The van der Waals surface area contributed by atoms with Crippen LogP contribution < -0.4 is 10.1 Å². The van der Waals surface area contributed by atoms with Crippen molar-refractivity contribution in [2.24, 2.45) is 5.92 Å². The van der Waals surface area contributed by atoms with E-state index in [1.807, 2.05) is 26.8 Å². The molecule has 0 unspecified atom stereocenters. The van der Waals surface area contributed by atoms with Gasteiger partial charge in [0.25, 0.3) is 0 Å². The summed E-state index contributed by atoms with van der Waals surface area (Å²) in [4.78, 5) is 13.2. The number of nitrogens with zero attached hydrogens (tertiary/aromatic N) is 1. The molecule has 1 atom stereocenters. The van der Waals surface area contributed by atoms with E-state index >= 15 is 0 Å². The summed E-state index contributed by atoms with van der Waals surface area (Å²) < 4.78 is 33.7. The number of benzene rings is 2. The summed E-state index contributed by atoms with van der Waals surface area (Å²) >= 11 is 0. The van der Waals surface area contributed by atoms with Crippen LogP contribution in [-0.4, -0.2) is 38.8 Å². The molecule has 1 aliphatic rings. The second-order valence-electron chi connectivity index (χ2n) is 9.77. The summed E-state index contributed by atoms with van der Waals surface area (Å²) in [5.41, 5.74) is 5.67. The van der Waals surface area contributed by atoms with Crippen molar-refractivity contribution in [2.45, 2.75) is 71.2 Å². The van der Waals surface area contributed by atoms with Crippen molar-refractivity contribution in [1.29, 1.82) is 0 Å². The highest BCUT2D eigenvalue weighted by Gasteiger charge is 2.34.